The number of rotatable bonds is 11. The average molecular weight is 499 g/mol. The zero-order chi connectivity index (χ0) is 24.0. The molecule has 5 rings (SSSR count). The van der Waals surface area contributed by atoms with Gasteiger partial charge in [-0.3, -0.25) is 4.90 Å². The van der Waals surface area contributed by atoms with Gasteiger partial charge in [-0.05, 0) is 42.0 Å². The van der Waals surface area contributed by atoms with E-state index >= 15 is 0 Å². The van der Waals surface area contributed by atoms with Crippen molar-refractivity contribution in [1.82, 2.24) is 4.90 Å². The van der Waals surface area contributed by atoms with Gasteiger partial charge in [0.2, 0.25) is 6.79 Å². The zero-order valence-corrected chi connectivity index (χ0v) is 19.9. The van der Waals surface area contributed by atoms with Crippen molar-refractivity contribution in [3.05, 3.63) is 82.8 Å². The molecule has 0 amide bonds. The first kappa shape index (κ1) is 23.7. The lowest BCUT2D eigenvalue weighted by Crippen LogP contribution is -2.39. The molecule has 3 heterocycles. The summed E-state index contributed by atoms with van der Waals surface area (Å²) in [4.78, 5) is 7.88. The maximum Gasteiger partial charge on any atom is 0.231 e. The molecule has 2 aliphatic heterocycles. The van der Waals surface area contributed by atoms with Gasteiger partial charge >= 0.3 is 0 Å². The van der Waals surface area contributed by atoms with Crippen LogP contribution in [-0.2, 0) is 22.7 Å². The Labute approximate surface area is 208 Å². The molecule has 0 saturated carbocycles. The van der Waals surface area contributed by atoms with Crippen LogP contribution in [0.15, 0.2) is 70.4 Å². The van der Waals surface area contributed by atoms with Gasteiger partial charge in [-0.2, -0.15) is 0 Å². The minimum Gasteiger partial charge on any atom is -0.467 e. The number of oxime groups is 1. The highest BCUT2D eigenvalue weighted by atomic mass is 35.5. The summed E-state index contributed by atoms with van der Waals surface area (Å²) >= 11 is 6.41. The Morgan fingerprint density at radius 1 is 1.11 bits per heavy atom. The SMILES string of the molecule is O[C@H](COCc1ccco1)CN(Cc1ccccc1Cl)C[C@@H]1CC(c2ccc3c(c2)OCO3)=NO1. The van der Waals surface area contributed by atoms with E-state index < -0.39 is 6.10 Å². The van der Waals surface area contributed by atoms with Crippen molar-refractivity contribution in [2.75, 3.05) is 26.5 Å². The highest BCUT2D eigenvalue weighted by molar-refractivity contribution is 6.31. The molecule has 0 radical (unpaired) electrons. The number of furan rings is 1. The molecule has 8 nitrogen and oxygen atoms in total. The van der Waals surface area contributed by atoms with Crippen LogP contribution < -0.4 is 9.47 Å². The van der Waals surface area contributed by atoms with Crippen LogP contribution in [0, 0.1) is 0 Å². The lowest BCUT2D eigenvalue weighted by Gasteiger charge is -2.27. The zero-order valence-electron chi connectivity index (χ0n) is 19.1. The third kappa shape index (κ3) is 6.15. The van der Waals surface area contributed by atoms with Gasteiger partial charge in [0.25, 0.3) is 0 Å². The fourth-order valence-electron chi connectivity index (χ4n) is 4.17. The number of benzene rings is 2. The Morgan fingerprint density at radius 3 is 2.86 bits per heavy atom. The summed E-state index contributed by atoms with van der Waals surface area (Å²) in [5.41, 5.74) is 2.78. The molecular weight excluding hydrogens is 472 g/mol. The van der Waals surface area contributed by atoms with Gasteiger partial charge in [-0.1, -0.05) is 35.0 Å². The average Bonchev–Trinajstić information content (AvgIpc) is 3.62. The number of halogens is 1. The molecule has 3 aromatic rings. The number of nitrogens with zero attached hydrogens (tertiary/aromatic N) is 2. The van der Waals surface area contributed by atoms with Crippen molar-refractivity contribution < 1.29 is 28.6 Å². The fraction of sp³-hybridized carbons (Fsp3) is 0.346. The standard InChI is InChI=1S/C26H27ClN2O6/c27-23-6-2-1-4-19(23)12-29(13-20(30)15-31-16-21-5-3-9-32-21)14-22-11-24(28-35-22)18-7-8-25-26(10-18)34-17-33-25/h1-10,20,22,30H,11-17H2/t20-,22-/m0/s1. The van der Waals surface area contributed by atoms with Crippen molar-refractivity contribution in [1.29, 1.82) is 0 Å². The lowest BCUT2D eigenvalue weighted by atomic mass is 10.0. The van der Waals surface area contributed by atoms with E-state index in [4.69, 9.17) is 35.1 Å². The van der Waals surface area contributed by atoms with E-state index in [0.29, 0.717) is 43.4 Å². The molecule has 1 aromatic heterocycles. The molecule has 0 unspecified atom stereocenters. The van der Waals surface area contributed by atoms with E-state index in [1.165, 1.54) is 0 Å². The highest BCUT2D eigenvalue weighted by Gasteiger charge is 2.27. The topological polar surface area (TPSA) is 85.9 Å². The van der Waals surface area contributed by atoms with Gasteiger partial charge in [0, 0.05) is 36.6 Å². The molecule has 184 valence electrons. The van der Waals surface area contributed by atoms with Crippen molar-refractivity contribution in [3.63, 3.8) is 0 Å². The van der Waals surface area contributed by atoms with Gasteiger partial charge in [-0.15, -0.1) is 0 Å². The Bertz CT molecular complexity index is 1150. The van der Waals surface area contributed by atoms with E-state index in [9.17, 15) is 5.11 Å². The van der Waals surface area contributed by atoms with Gasteiger partial charge in [0.1, 0.15) is 18.5 Å². The highest BCUT2D eigenvalue weighted by Crippen LogP contribution is 2.33. The maximum atomic E-state index is 10.7. The quantitative estimate of drug-likeness (QED) is 0.423. The third-order valence-electron chi connectivity index (χ3n) is 5.86. The first-order chi connectivity index (χ1) is 17.1. The third-order valence-corrected chi connectivity index (χ3v) is 6.22. The number of hydrogen-bond donors (Lipinski definition) is 1. The molecule has 2 aliphatic rings. The second-order valence-electron chi connectivity index (χ2n) is 8.57. The fourth-order valence-corrected chi connectivity index (χ4v) is 4.37. The molecular formula is C26H27ClN2O6. The molecule has 9 heteroatoms. The van der Waals surface area contributed by atoms with Crippen LogP contribution in [0.1, 0.15) is 23.3 Å². The molecule has 2 atom stereocenters. The molecule has 0 aliphatic carbocycles. The Hall–Kier alpha value is -3.04. The summed E-state index contributed by atoms with van der Waals surface area (Å²) in [5, 5.41) is 15.7. The van der Waals surface area contributed by atoms with E-state index in [2.05, 4.69) is 10.1 Å². The van der Waals surface area contributed by atoms with Crippen LogP contribution in [0.25, 0.3) is 0 Å². The molecule has 0 spiro atoms. The number of aliphatic hydroxyl groups is 1. The second kappa shape index (κ2) is 11.1. The molecule has 0 bridgehead atoms. The second-order valence-corrected chi connectivity index (χ2v) is 8.98. The molecule has 2 aromatic carbocycles. The Kier molecular flexibility index (Phi) is 7.54. The van der Waals surface area contributed by atoms with E-state index in [1.54, 1.807) is 6.26 Å². The van der Waals surface area contributed by atoms with Crippen LogP contribution in [0.2, 0.25) is 5.02 Å². The normalized spacial score (nSPS) is 17.5. The van der Waals surface area contributed by atoms with Crippen LogP contribution in [0.3, 0.4) is 0 Å². The van der Waals surface area contributed by atoms with Gasteiger partial charge in [0.05, 0.1) is 24.7 Å². The van der Waals surface area contributed by atoms with Gasteiger partial charge < -0.3 is 28.6 Å². The van der Waals surface area contributed by atoms with Gasteiger partial charge in [0.15, 0.2) is 11.5 Å². The van der Waals surface area contributed by atoms with Crippen LogP contribution in [0.4, 0.5) is 0 Å². The summed E-state index contributed by atoms with van der Waals surface area (Å²) in [6.45, 7) is 2.25. The predicted molar refractivity (Wildman–Crippen MR) is 130 cm³/mol. The summed E-state index contributed by atoms with van der Waals surface area (Å²) in [6.07, 6.45) is 1.39. The number of fused-ring (bicyclic) bond motifs is 1. The van der Waals surface area contributed by atoms with Crippen molar-refractivity contribution in [3.8, 4) is 11.5 Å². The summed E-state index contributed by atoms with van der Waals surface area (Å²) in [5.74, 6) is 2.17. The Morgan fingerprint density at radius 2 is 2.00 bits per heavy atom. The number of ether oxygens (including phenoxy) is 3. The van der Waals surface area contributed by atoms with Crippen LogP contribution in [0.5, 0.6) is 11.5 Å². The maximum absolute atomic E-state index is 10.7. The summed E-state index contributed by atoms with van der Waals surface area (Å²) in [7, 11) is 0. The van der Waals surface area contributed by atoms with Crippen LogP contribution in [-0.4, -0.2) is 54.4 Å². The lowest BCUT2D eigenvalue weighted by molar-refractivity contribution is -0.00955. The van der Waals surface area contributed by atoms with E-state index in [-0.39, 0.29) is 19.5 Å². The molecule has 0 fully saturated rings. The van der Waals surface area contributed by atoms with Gasteiger partial charge in [-0.25, -0.2) is 0 Å². The Balaban J connectivity index is 1.19. The number of hydrogen-bond acceptors (Lipinski definition) is 8. The van der Waals surface area contributed by atoms with Crippen molar-refractivity contribution in [2.24, 2.45) is 5.16 Å². The minimum atomic E-state index is -0.692. The van der Waals surface area contributed by atoms with Crippen LogP contribution >= 0.6 is 11.6 Å². The minimum absolute atomic E-state index is 0.158. The molecule has 0 saturated heterocycles. The van der Waals surface area contributed by atoms with Crippen molar-refractivity contribution in [2.45, 2.75) is 31.8 Å². The molecule has 1 N–H and O–H groups in total. The predicted octanol–water partition coefficient (Wildman–Crippen LogP) is 4.23. The van der Waals surface area contributed by atoms with Crippen molar-refractivity contribution >= 4 is 17.3 Å². The summed E-state index contributed by atoms with van der Waals surface area (Å²) < 4.78 is 21.8. The summed E-state index contributed by atoms with van der Waals surface area (Å²) in [6, 6.07) is 17.1. The van der Waals surface area contributed by atoms with E-state index in [1.807, 2.05) is 54.6 Å². The first-order valence-corrected chi connectivity index (χ1v) is 11.9. The monoisotopic (exact) mass is 498 g/mol. The number of aliphatic hydroxyl groups excluding tert-OH is 1. The first-order valence-electron chi connectivity index (χ1n) is 11.5. The largest absolute Gasteiger partial charge is 0.467 e. The smallest absolute Gasteiger partial charge is 0.231 e. The van der Waals surface area contributed by atoms with E-state index in [0.717, 1.165) is 28.3 Å². The molecule has 35 heavy (non-hydrogen) atoms.